The Morgan fingerprint density at radius 1 is 1.50 bits per heavy atom. The number of allylic oxidation sites excluding steroid dienone is 2. The minimum Gasteiger partial charge on any atom is -0.392 e. The molecule has 22 heavy (non-hydrogen) atoms. The lowest BCUT2D eigenvalue weighted by Gasteiger charge is -2.35. The molecular weight excluding hydrogens is 272 g/mol. The molecule has 0 amide bonds. The molecule has 0 heterocycles. The molecule has 2 heteroatoms. The summed E-state index contributed by atoms with van der Waals surface area (Å²) in [5.74, 6) is 1.13. The second-order valence-electron chi connectivity index (χ2n) is 8.19. The molecule has 0 aromatic rings. The Hall–Kier alpha value is -0.600. The maximum absolute atomic E-state index is 11.0. The smallest absolute Gasteiger partial charge is 0.0657 e. The fourth-order valence-electron chi connectivity index (χ4n) is 4.70. The lowest BCUT2D eigenvalue weighted by Crippen LogP contribution is -2.40. The molecule has 2 N–H and O–H groups in total. The maximum Gasteiger partial charge on any atom is 0.0657 e. The highest BCUT2D eigenvalue weighted by molar-refractivity contribution is 5.19. The van der Waals surface area contributed by atoms with Gasteiger partial charge in [-0.05, 0) is 70.6 Å². The van der Waals surface area contributed by atoms with Gasteiger partial charge in [0.05, 0.1) is 11.7 Å². The predicted molar refractivity (Wildman–Crippen MR) is 92.5 cm³/mol. The topological polar surface area (TPSA) is 40.5 Å². The molecule has 1 saturated carbocycles. The Morgan fingerprint density at radius 2 is 2.18 bits per heavy atom. The van der Waals surface area contributed by atoms with E-state index in [1.165, 1.54) is 11.1 Å². The van der Waals surface area contributed by atoms with Crippen molar-refractivity contribution in [2.75, 3.05) is 0 Å². The molecule has 0 unspecified atom stereocenters. The Labute approximate surface area is 136 Å². The van der Waals surface area contributed by atoms with Gasteiger partial charge in [-0.2, -0.15) is 0 Å². The fourth-order valence-corrected chi connectivity index (χ4v) is 4.70. The zero-order valence-corrected chi connectivity index (χ0v) is 14.8. The number of aliphatic hydroxyl groups is 2. The summed E-state index contributed by atoms with van der Waals surface area (Å²) in [5.41, 5.74) is 1.87. The molecule has 0 bridgehead atoms. The normalized spacial score (nSPS) is 39.8. The molecule has 0 aromatic carbocycles. The largest absolute Gasteiger partial charge is 0.392 e. The van der Waals surface area contributed by atoms with E-state index in [-0.39, 0.29) is 17.9 Å². The van der Waals surface area contributed by atoms with Crippen LogP contribution in [0.4, 0.5) is 0 Å². The van der Waals surface area contributed by atoms with Crippen LogP contribution in [0.15, 0.2) is 23.8 Å². The monoisotopic (exact) mass is 306 g/mol. The molecule has 2 aliphatic rings. The van der Waals surface area contributed by atoms with Gasteiger partial charge < -0.3 is 10.2 Å². The SMILES string of the molecule is C=C(C)CCC[C@@H](C)[C@@H]1CC[C@](C)(O)[C@@H]2CC=C(C)[C@H]2[C@@H]1O. The van der Waals surface area contributed by atoms with Crippen LogP contribution >= 0.6 is 0 Å². The fraction of sp³-hybridized carbons (Fsp3) is 0.800. The number of hydrogen-bond donors (Lipinski definition) is 2. The molecular formula is C20H34O2. The third-order valence-corrected chi connectivity index (χ3v) is 6.24. The van der Waals surface area contributed by atoms with E-state index in [1.54, 1.807) is 0 Å². The lowest BCUT2D eigenvalue weighted by atomic mass is 9.74. The Morgan fingerprint density at radius 3 is 2.82 bits per heavy atom. The van der Waals surface area contributed by atoms with Crippen LogP contribution in [0.5, 0.6) is 0 Å². The summed E-state index contributed by atoms with van der Waals surface area (Å²) in [6.45, 7) is 12.4. The number of aliphatic hydroxyl groups excluding tert-OH is 1. The predicted octanol–water partition coefficient (Wildman–Crippen LogP) is 4.47. The Balaban J connectivity index is 2.09. The van der Waals surface area contributed by atoms with E-state index in [9.17, 15) is 10.2 Å². The molecule has 2 rings (SSSR count). The lowest BCUT2D eigenvalue weighted by molar-refractivity contribution is -0.0345. The van der Waals surface area contributed by atoms with Gasteiger partial charge in [-0.25, -0.2) is 0 Å². The quantitative estimate of drug-likeness (QED) is 0.736. The van der Waals surface area contributed by atoms with Gasteiger partial charge >= 0.3 is 0 Å². The molecule has 126 valence electrons. The summed E-state index contributed by atoms with van der Waals surface area (Å²) >= 11 is 0. The van der Waals surface area contributed by atoms with Gasteiger partial charge in [-0.3, -0.25) is 0 Å². The third-order valence-electron chi connectivity index (χ3n) is 6.24. The van der Waals surface area contributed by atoms with Gasteiger partial charge in [-0.1, -0.05) is 30.6 Å². The van der Waals surface area contributed by atoms with Gasteiger partial charge in [-0.15, -0.1) is 6.58 Å². The molecule has 1 fully saturated rings. The zero-order chi connectivity index (χ0) is 16.5. The molecule has 2 aliphatic carbocycles. The Kier molecular flexibility index (Phi) is 5.55. The first-order valence-corrected chi connectivity index (χ1v) is 8.95. The van der Waals surface area contributed by atoms with E-state index < -0.39 is 5.60 Å². The van der Waals surface area contributed by atoms with Gasteiger partial charge in [0.25, 0.3) is 0 Å². The van der Waals surface area contributed by atoms with Crippen molar-refractivity contribution < 1.29 is 10.2 Å². The Bertz CT molecular complexity index is 435. The number of rotatable bonds is 5. The first-order valence-electron chi connectivity index (χ1n) is 8.95. The molecule has 6 atom stereocenters. The standard InChI is InChI=1S/C20H34O2/c1-13(2)7-6-8-14(3)16-11-12-20(5,22)17-10-9-15(4)18(17)19(16)21/h9,14,16-19,21-22H,1,6-8,10-12H2,2-5H3/t14-,16+,17-,18-,19-,20+/m1/s1. The zero-order valence-electron chi connectivity index (χ0n) is 14.8. The molecule has 0 saturated heterocycles. The first kappa shape index (κ1) is 17.7. The highest BCUT2D eigenvalue weighted by atomic mass is 16.3. The molecule has 0 aromatic heterocycles. The summed E-state index contributed by atoms with van der Waals surface area (Å²) in [5, 5.41) is 21.9. The van der Waals surface area contributed by atoms with Gasteiger partial charge in [0.15, 0.2) is 0 Å². The molecule has 0 spiro atoms. The van der Waals surface area contributed by atoms with Crippen LogP contribution in [0.2, 0.25) is 0 Å². The van der Waals surface area contributed by atoms with E-state index in [0.717, 1.165) is 38.5 Å². The second-order valence-corrected chi connectivity index (χ2v) is 8.19. The van der Waals surface area contributed by atoms with Crippen molar-refractivity contribution in [1.82, 2.24) is 0 Å². The summed E-state index contributed by atoms with van der Waals surface area (Å²) in [6, 6.07) is 0. The highest BCUT2D eigenvalue weighted by Crippen LogP contribution is 2.49. The van der Waals surface area contributed by atoms with Crippen LogP contribution in [0.1, 0.15) is 66.2 Å². The van der Waals surface area contributed by atoms with Gasteiger partial charge in [0, 0.05) is 5.92 Å². The van der Waals surface area contributed by atoms with Crippen LogP contribution in [0, 0.1) is 23.7 Å². The van der Waals surface area contributed by atoms with Crippen molar-refractivity contribution in [3.63, 3.8) is 0 Å². The van der Waals surface area contributed by atoms with Crippen LogP contribution < -0.4 is 0 Å². The highest BCUT2D eigenvalue weighted by Gasteiger charge is 2.49. The van der Waals surface area contributed by atoms with E-state index >= 15 is 0 Å². The third kappa shape index (κ3) is 3.65. The maximum atomic E-state index is 11.0. The number of hydrogen-bond acceptors (Lipinski definition) is 2. The summed E-state index contributed by atoms with van der Waals surface area (Å²) in [4.78, 5) is 0. The van der Waals surface area contributed by atoms with Crippen molar-refractivity contribution >= 4 is 0 Å². The molecule has 0 radical (unpaired) electrons. The van der Waals surface area contributed by atoms with Crippen LogP contribution in [0.25, 0.3) is 0 Å². The second kappa shape index (κ2) is 6.88. The average Bonchev–Trinajstić information content (AvgIpc) is 2.76. The molecule has 0 aliphatic heterocycles. The molecule has 2 nitrogen and oxygen atoms in total. The van der Waals surface area contributed by atoms with Crippen molar-refractivity contribution in [3.05, 3.63) is 23.8 Å². The van der Waals surface area contributed by atoms with Crippen LogP contribution in [-0.2, 0) is 0 Å². The van der Waals surface area contributed by atoms with E-state index in [1.807, 2.05) is 6.92 Å². The minimum atomic E-state index is -0.647. The minimum absolute atomic E-state index is 0.145. The van der Waals surface area contributed by atoms with Crippen molar-refractivity contribution in [2.24, 2.45) is 23.7 Å². The van der Waals surface area contributed by atoms with Crippen LogP contribution in [-0.4, -0.2) is 21.9 Å². The number of fused-ring (bicyclic) bond motifs is 1. The van der Waals surface area contributed by atoms with Crippen molar-refractivity contribution in [1.29, 1.82) is 0 Å². The van der Waals surface area contributed by atoms with Gasteiger partial charge in [0.1, 0.15) is 0 Å². The first-order chi connectivity index (χ1) is 10.2. The van der Waals surface area contributed by atoms with Crippen molar-refractivity contribution in [3.8, 4) is 0 Å². The van der Waals surface area contributed by atoms with E-state index in [4.69, 9.17) is 0 Å². The summed E-state index contributed by atoms with van der Waals surface area (Å²) in [7, 11) is 0. The van der Waals surface area contributed by atoms with E-state index in [2.05, 4.69) is 33.4 Å². The van der Waals surface area contributed by atoms with Crippen LogP contribution in [0.3, 0.4) is 0 Å². The van der Waals surface area contributed by atoms with E-state index in [0.29, 0.717) is 11.8 Å². The average molecular weight is 306 g/mol. The summed E-state index contributed by atoms with van der Waals surface area (Å²) < 4.78 is 0. The van der Waals surface area contributed by atoms with Gasteiger partial charge in [0.2, 0.25) is 0 Å². The summed E-state index contributed by atoms with van der Waals surface area (Å²) in [6.07, 6.45) is 7.94. The van der Waals surface area contributed by atoms with Crippen molar-refractivity contribution in [2.45, 2.75) is 77.9 Å².